The molecule has 1 atom stereocenters. The van der Waals surface area contributed by atoms with Gasteiger partial charge in [0.25, 0.3) is 0 Å². The van der Waals surface area contributed by atoms with Gasteiger partial charge in [-0.1, -0.05) is 11.6 Å². The SMILES string of the molecule is Nc1cc(Cl)c(F)c(S(=O)(=O)NCC2CCCO2)c1. The van der Waals surface area contributed by atoms with Gasteiger partial charge in [-0.25, -0.2) is 17.5 Å². The van der Waals surface area contributed by atoms with E-state index in [4.69, 9.17) is 22.1 Å². The lowest BCUT2D eigenvalue weighted by atomic mass is 10.2. The maximum absolute atomic E-state index is 13.7. The lowest BCUT2D eigenvalue weighted by molar-refractivity contribution is 0.114. The first-order chi connectivity index (χ1) is 8.90. The third kappa shape index (κ3) is 3.36. The Bertz CT molecular complexity index is 574. The molecule has 1 fully saturated rings. The summed E-state index contributed by atoms with van der Waals surface area (Å²) in [5, 5.41) is -0.322. The van der Waals surface area contributed by atoms with Crippen molar-refractivity contribution >= 4 is 27.3 Å². The maximum Gasteiger partial charge on any atom is 0.243 e. The smallest absolute Gasteiger partial charge is 0.243 e. The lowest BCUT2D eigenvalue weighted by Crippen LogP contribution is -2.32. The second-order valence-corrected chi connectivity index (χ2v) is 6.44. The van der Waals surface area contributed by atoms with Crippen molar-refractivity contribution in [3.63, 3.8) is 0 Å². The molecule has 0 aromatic heterocycles. The summed E-state index contributed by atoms with van der Waals surface area (Å²) >= 11 is 5.58. The molecule has 106 valence electrons. The van der Waals surface area contributed by atoms with E-state index in [0.717, 1.165) is 25.0 Å². The highest BCUT2D eigenvalue weighted by Crippen LogP contribution is 2.25. The zero-order valence-corrected chi connectivity index (χ0v) is 11.6. The van der Waals surface area contributed by atoms with Crippen molar-refractivity contribution in [3.8, 4) is 0 Å². The van der Waals surface area contributed by atoms with Gasteiger partial charge in [-0.15, -0.1) is 0 Å². The Morgan fingerprint density at radius 2 is 2.26 bits per heavy atom. The van der Waals surface area contributed by atoms with Crippen LogP contribution in [0.4, 0.5) is 10.1 Å². The van der Waals surface area contributed by atoms with Crippen molar-refractivity contribution in [2.24, 2.45) is 0 Å². The number of nitrogens with two attached hydrogens (primary N) is 1. The Labute approximate surface area is 115 Å². The third-order valence-corrected chi connectivity index (χ3v) is 4.53. The molecular formula is C11H14ClFN2O3S. The summed E-state index contributed by atoms with van der Waals surface area (Å²) in [6, 6.07) is 2.20. The van der Waals surface area contributed by atoms with Crippen LogP contribution >= 0.6 is 11.6 Å². The first kappa shape index (κ1) is 14.5. The van der Waals surface area contributed by atoms with Crippen LogP contribution in [-0.2, 0) is 14.8 Å². The number of nitrogen functional groups attached to an aromatic ring is 1. The number of hydrogen-bond donors (Lipinski definition) is 2. The van der Waals surface area contributed by atoms with E-state index in [-0.39, 0.29) is 23.4 Å². The molecule has 5 nitrogen and oxygen atoms in total. The Balaban J connectivity index is 2.19. The number of rotatable bonds is 4. The molecule has 1 aromatic carbocycles. The zero-order chi connectivity index (χ0) is 14.0. The standard InChI is InChI=1S/C11H14ClFN2O3S/c12-9-4-7(14)5-10(11(9)13)19(16,17)15-6-8-2-1-3-18-8/h4-5,8,15H,1-3,6,14H2. The Morgan fingerprint density at radius 3 is 2.89 bits per heavy atom. The van der Waals surface area contributed by atoms with Gasteiger partial charge in [0.15, 0.2) is 5.82 Å². The minimum absolute atomic E-state index is 0.0869. The fraction of sp³-hybridized carbons (Fsp3) is 0.455. The summed E-state index contributed by atoms with van der Waals surface area (Å²) in [7, 11) is -3.99. The highest BCUT2D eigenvalue weighted by Gasteiger charge is 2.24. The first-order valence-corrected chi connectivity index (χ1v) is 7.62. The fourth-order valence-electron chi connectivity index (χ4n) is 1.87. The third-order valence-electron chi connectivity index (χ3n) is 2.83. The Morgan fingerprint density at radius 1 is 1.53 bits per heavy atom. The lowest BCUT2D eigenvalue weighted by Gasteiger charge is -2.12. The molecule has 1 heterocycles. The molecule has 1 aromatic rings. The average molecular weight is 309 g/mol. The molecule has 0 saturated carbocycles. The van der Waals surface area contributed by atoms with Gasteiger partial charge in [0, 0.05) is 18.8 Å². The van der Waals surface area contributed by atoms with Crippen LogP contribution in [-0.4, -0.2) is 27.7 Å². The van der Waals surface area contributed by atoms with Crippen molar-refractivity contribution in [1.29, 1.82) is 0 Å². The van der Waals surface area contributed by atoms with Gasteiger partial charge in [0.2, 0.25) is 10.0 Å². The summed E-state index contributed by atoms with van der Waals surface area (Å²) in [4.78, 5) is -0.546. The highest BCUT2D eigenvalue weighted by molar-refractivity contribution is 7.89. The quantitative estimate of drug-likeness (QED) is 0.826. The van der Waals surface area contributed by atoms with Gasteiger partial charge in [-0.05, 0) is 25.0 Å². The van der Waals surface area contributed by atoms with Crippen LogP contribution in [0.3, 0.4) is 0 Å². The molecule has 8 heteroatoms. The van der Waals surface area contributed by atoms with Gasteiger partial charge in [-0.2, -0.15) is 0 Å². The van der Waals surface area contributed by atoms with Crippen LogP contribution in [0.15, 0.2) is 17.0 Å². The van der Waals surface area contributed by atoms with Crippen molar-refractivity contribution in [2.75, 3.05) is 18.9 Å². The largest absolute Gasteiger partial charge is 0.399 e. The normalized spacial score (nSPS) is 19.8. The molecule has 0 amide bonds. The molecule has 0 aliphatic carbocycles. The van der Waals surface area contributed by atoms with E-state index in [1.807, 2.05) is 0 Å². The van der Waals surface area contributed by atoms with E-state index < -0.39 is 20.7 Å². The monoisotopic (exact) mass is 308 g/mol. The van der Waals surface area contributed by atoms with Gasteiger partial charge >= 0.3 is 0 Å². The molecule has 1 saturated heterocycles. The van der Waals surface area contributed by atoms with Crippen LogP contribution in [0.2, 0.25) is 5.02 Å². The molecule has 0 radical (unpaired) electrons. The molecule has 2 rings (SSSR count). The van der Waals surface area contributed by atoms with Crippen molar-refractivity contribution in [3.05, 3.63) is 23.0 Å². The van der Waals surface area contributed by atoms with E-state index in [2.05, 4.69) is 4.72 Å². The van der Waals surface area contributed by atoms with Crippen LogP contribution < -0.4 is 10.5 Å². The van der Waals surface area contributed by atoms with E-state index in [9.17, 15) is 12.8 Å². The number of hydrogen-bond acceptors (Lipinski definition) is 4. The molecule has 0 spiro atoms. The average Bonchev–Trinajstić information content (AvgIpc) is 2.84. The molecule has 19 heavy (non-hydrogen) atoms. The Kier molecular flexibility index (Phi) is 4.29. The summed E-state index contributed by atoms with van der Waals surface area (Å²) < 4.78 is 45.3. The second-order valence-electron chi connectivity index (χ2n) is 4.30. The topological polar surface area (TPSA) is 81.4 Å². The molecule has 1 aliphatic heterocycles. The number of halogens is 2. The molecule has 3 N–H and O–H groups in total. The number of benzene rings is 1. The van der Waals surface area contributed by atoms with Crippen LogP contribution in [0.25, 0.3) is 0 Å². The summed E-state index contributed by atoms with van der Waals surface area (Å²) in [5.41, 5.74) is 5.56. The minimum atomic E-state index is -3.99. The van der Waals surface area contributed by atoms with Crippen molar-refractivity contribution in [1.82, 2.24) is 4.72 Å². The maximum atomic E-state index is 13.7. The number of nitrogens with one attached hydrogen (secondary N) is 1. The first-order valence-electron chi connectivity index (χ1n) is 5.76. The number of ether oxygens (including phenoxy) is 1. The molecule has 1 unspecified atom stereocenters. The van der Waals surface area contributed by atoms with E-state index in [1.54, 1.807) is 0 Å². The van der Waals surface area contributed by atoms with E-state index >= 15 is 0 Å². The van der Waals surface area contributed by atoms with Crippen LogP contribution in [0.1, 0.15) is 12.8 Å². The van der Waals surface area contributed by atoms with E-state index in [1.165, 1.54) is 0 Å². The summed E-state index contributed by atoms with van der Waals surface area (Å²) in [5.74, 6) is -1.00. The number of sulfonamides is 1. The van der Waals surface area contributed by atoms with Crippen molar-refractivity contribution in [2.45, 2.75) is 23.8 Å². The summed E-state index contributed by atoms with van der Waals surface area (Å²) in [6.07, 6.45) is 1.50. The van der Waals surface area contributed by atoms with Crippen molar-refractivity contribution < 1.29 is 17.5 Å². The molecule has 1 aliphatic rings. The highest BCUT2D eigenvalue weighted by atomic mass is 35.5. The summed E-state index contributed by atoms with van der Waals surface area (Å²) in [6.45, 7) is 0.721. The van der Waals surface area contributed by atoms with Crippen LogP contribution in [0, 0.1) is 5.82 Å². The minimum Gasteiger partial charge on any atom is -0.399 e. The predicted molar refractivity (Wildman–Crippen MR) is 70.0 cm³/mol. The van der Waals surface area contributed by atoms with Gasteiger partial charge in [0.1, 0.15) is 4.90 Å². The van der Waals surface area contributed by atoms with Gasteiger partial charge in [-0.3, -0.25) is 0 Å². The molecular weight excluding hydrogens is 295 g/mol. The van der Waals surface area contributed by atoms with Gasteiger partial charge in [0.05, 0.1) is 11.1 Å². The van der Waals surface area contributed by atoms with Crippen LogP contribution in [0.5, 0.6) is 0 Å². The number of anilines is 1. The predicted octanol–water partition coefficient (Wildman–Crippen LogP) is 1.52. The fourth-order valence-corrected chi connectivity index (χ4v) is 3.35. The molecule has 0 bridgehead atoms. The Hall–Kier alpha value is -0.890. The van der Waals surface area contributed by atoms with Gasteiger partial charge < -0.3 is 10.5 Å². The second kappa shape index (κ2) is 5.62. The van der Waals surface area contributed by atoms with E-state index in [0.29, 0.717) is 6.61 Å². The zero-order valence-electron chi connectivity index (χ0n) is 10.0.